The van der Waals surface area contributed by atoms with Gasteiger partial charge in [0.25, 0.3) is 5.91 Å². The molecule has 0 aliphatic heterocycles. The number of aliphatic hydroxyl groups is 1. The SMILES string of the molecule is COc1cccc(NC(=O)[C@H](CO)NC(=O)c2ccncc2)c1. The Morgan fingerprint density at radius 3 is 2.65 bits per heavy atom. The first-order valence-electron chi connectivity index (χ1n) is 6.90. The predicted octanol–water partition coefficient (Wildman–Crippen LogP) is 0.820. The molecule has 0 fully saturated rings. The number of rotatable bonds is 6. The van der Waals surface area contributed by atoms with Crippen molar-refractivity contribution in [2.45, 2.75) is 6.04 Å². The molecule has 3 N–H and O–H groups in total. The molecule has 0 spiro atoms. The van der Waals surface area contributed by atoms with Gasteiger partial charge in [-0.1, -0.05) is 6.07 Å². The lowest BCUT2D eigenvalue weighted by atomic mass is 10.2. The molecule has 2 amide bonds. The topological polar surface area (TPSA) is 101 Å². The summed E-state index contributed by atoms with van der Waals surface area (Å²) in [5.41, 5.74) is 0.860. The third kappa shape index (κ3) is 4.52. The number of carbonyl (C=O) groups excluding carboxylic acids is 2. The molecule has 0 aliphatic rings. The normalized spacial score (nSPS) is 11.4. The monoisotopic (exact) mass is 315 g/mol. The zero-order valence-electron chi connectivity index (χ0n) is 12.5. The van der Waals surface area contributed by atoms with Gasteiger partial charge in [-0.3, -0.25) is 14.6 Å². The Bertz CT molecular complexity index is 676. The van der Waals surface area contributed by atoms with Gasteiger partial charge in [-0.15, -0.1) is 0 Å². The number of amides is 2. The Hall–Kier alpha value is -2.93. The molecule has 120 valence electrons. The summed E-state index contributed by atoms with van der Waals surface area (Å²) in [4.78, 5) is 28.0. The summed E-state index contributed by atoms with van der Waals surface area (Å²) in [6.45, 7) is -0.521. The Morgan fingerprint density at radius 2 is 2.00 bits per heavy atom. The lowest BCUT2D eigenvalue weighted by Crippen LogP contribution is -2.46. The lowest BCUT2D eigenvalue weighted by Gasteiger charge is -2.16. The van der Waals surface area contributed by atoms with Crippen molar-refractivity contribution in [2.75, 3.05) is 19.0 Å². The second-order valence-electron chi connectivity index (χ2n) is 4.67. The smallest absolute Gasteiger partial charge is 0.252 e. The van der Waals surface area contributed by atoms with Gasteiger partial charge in [-0.25, -0.2) is 0 Å². The molecular weight excluding hydrogens is 298 g/mol. The number of hydrogen-bond acceptors (Lipinski definition) is 5. The zero-order valence-corrected chi connectivity index (χ0v) is 12.5. The molecule has 0 unspecified atom stereocenters. The van der Waals surface area contributed by atoms with Gasteiger partial charge in [-0.2, -0.15) is 0 Å². The van der Waals surface area contributed by atoms with Crippen LogP contribution in [0.4, 0.5) is 5.69 Å². The molecule has 7 nitrogen and oxygen atoms in total. The molecule has 2 aromatic rings. The van der Waals surface area contributed by atoms with Gasteiger partial charge in [0.15, 0.2) is 0 Å². The maximum atomic E-state index is 12.2. The van der Waals surface area contributed by atoms with Gasteiger partial charge in [0.1, 0.15) is 11.8 Å². The molecule has 1 aromatic heterocycles. The molecule has 1 aromatic carbocycles. The quantitative estimate of drug-likeness (QED) is 0.733. The molecule has 0 bridgehead atoms. The average molecular weight is 315 g/mol. The highest BCUT2D eigenvalue weighted by Gasteiger charge is 2.20. The van der Waals surface area contributed by atoms with E-state index in [1.165, 1.54) is 31.6 Å². The van der Waals surface area contributed by atoms with E-state index in [0.717, 1.165) is 0 Å². The number of nitrogens with zero attached hydrogens (tertiary/aromatic N) is 1. The van der Waals surface area contributed by atoms with E-state index in [0.29, 0.717) is 17.0 Å². The first-order chi connectivity index (χ1) is 11.1. The minimum Gasteiger partial charge on any atom is -0.497 e. The van der Waals surface area contributed by atoms with E-state index in [1.807, 2.05) is 0 Å². The van der Waals surface area contributed by atoms with Crippen LogP contribution in [0.5, 0.6) is 5.75 Å². The van der Waals surface area contributed by atoms with Crippen molar-refractivity contribution in [1.29, 1.82) is 0 Å². The van der Waals surface area contributed by atoms with Crippen molar-refractivity contribution in [3.8, 4) is 5.75 Å². The van der Waals surface area contributed by atoms with Gasteiger partial charge >= 0.3 is 0 Å². The van der Waals surface area contributed by atoms with Crippen LogP contribution in [-0.2, 0) is 4.79 Å². The van der Waals surface area contributed by atoms with E-state index in [2.05, 4.69) is 15.6 Å². The molecule has 0 aliphatic carbocycles. The fourth-order valence-corrected chi connectivity index (χ4v) is 1.87. The third-order valence-electron chi connectivity index (χ3n) is 3.08. The second-order valence-corrected chi connectivity index (χ2v) is 4.67. The number of aromatic nitrogens is 1. The maximum Gasteiger partial charge on any atom is 0.252 e. The third-order valence-corrected chi connectivity index (χ3v) is 3.08. The molecule has 0 saturated heterocycles. The van der Waals surface area contributed by atoms with Crippen LogP contribution in [0.2, 0.25) is 0 Å². The number of anilines is 1. The van der Waals surface area contributed by atoms with Crippen molar-refractivity contribution in [3.63, 3.8) is 0 Å². The fourth-order valence-electron chi connectivity index (χ4n) is 1.87. The number of hydrogen-bond donors (Lipinski definition) is 3. The van der Waals surface area contributed by atoms with Crippen LogP contribution in [-0.4, -0.2) is 41.7 Å². The molecule has 7 heteroatoms. The van der Waals surface area contributed by atoms with Gasteiger partial charge in [0.05, 0.1) is 13.7 Å². The molecule has 1 atom stereocenters. The van der Waals surface area contributed by atoms with Crippen LogP contribution < -0.4 is 15.4 Å². The molecule has 2 rings (SSSR count). The Balaban J connectivity index is 2.02. The molecule has 23 heavy (non-hydrogen) atoms. The van der Waals surface area contributed by atoms with E-state index in [9.17, 15) is 14.7 Å². The van der Waals surface area contributed by atoms with Gasteiger partial charge in [0, 0.05) is 29.7 Å². The lowest BCUT2D eigenvalue weighted by molar-refractivity contribution is -0.118. The van der Waals surface area contributed by atoms with E-state index >= 15 is 0 Å². The number of aliphatic hydroxyl groups excluding tert-OH is 1. The zero-order chi connectivity index (χ0) is 16.7. The number of pyridine rings is 1. The Kier molecular flexibility index (Phi) is 5.65. The van der Waals surface area contributed by atoms with Crippen molar-refractivity contribution < 1.29 is 19.4 Å². The second kappa shape index (κ2) is 7.90. The van der Waals surface area contributed by atoms with Gasteiger partial charge in [0.2, 0.25) is 5.91 Å². The summed E-state index contributed by atoms with van der Waals surface area (Å²) in [6, 6.07) is 8.74. The van der Waals surface area contributed by atoms with Crippen LogP contribution >= 0.6 is 0 Å². The summed E-state index contributed by atoms with van der Waals surface area (Å²) < 4.78 is 5.07. The molecule has 1 heterocycles. The number of nitrogens with one attached hydrogen (secondary N) is 2. The number of ether oxygens (including phenoxy) is 1. The van der Waals surface area contributed by atoms with Crippen molar-refractivity contribution >= 4 is 17.5 Å². The van der Waals surface area contributed by atoms with Crippen LogP contribution in [0, 0.1) is 0 Å². The fraction of sp³-hybridized carbons (Fsp3) is 0.188. The molecule has 0 radical (unpaired) electrons. The maximum absolute atomic E-state index is 12.2. The number of carbonyl (C=O) groups is 2. The van der Waals surface area contributed by atoms with Crippen LogP contribution in [0.1, 0.15) is 10.4 Å². The van der Waals surface area contributed by atoms with Crippen LogP contribution in [0.15, 0.2) is 48.8 Å². The number of methoxy groups -OCH3 is 1. The van der Waals surface area contributed by atoms with Gasteiger partial charge < -0.3 is 20.5 Å². The summed E-state index contributed by atoms with van der Waals surface area (Å²) in [5, 5.41) is 14.4. The minimum atomic E-state index is -1.07. The van der Waals surface area contributed by atoms with Gasteiger partial charge in [-0.05, 0) is 24.3 Å². The standard InChI is InChI=1S/C16H17N3O4/c1-23-13-4-2-3-12(9-13)18-16(22)14(10-20)19-15(21)11-5-7-17-8-6-11/h2-9,14,20H,10H2,1H3,(H,18,22)(H,19,21)/t14-/m0/s1. The molecule has 0 saturated carbocycles. The van der Waals surface area contributed by atoms with E-state index < -0.39 is 24.5 Å². The first-order valence-corrected chi connectivity index (χ1v) is 6.90. The largest absolute Gasteiger partial charge is 0.497 e. The first kappa shape index (κ1) is 16.4. The van der Waals surface area contributed by atoms with Crippen molar-refractivity contribution in [3.05, 3.63) is 54.4 Å². The Morgan fingerprint density at radius 1 is 1.26 bits per heavy atom. The van der Waals surface area contributed by atoms with E-state index in [1.54, 1.807) is 24.3 Å². The average Bonchev–Trinajstić information content (AvgIpc) is 2.60. The van der Waals surface area contributed by atoms with E-state index in [4.69, 9.17) is 4.74 Å². The van der Waals surface area contributed by atoms with E-state index in [-0.39, 0.29) is 0 Å². The minimum absolute atomic E-state index is 0.354. The summed E-state index contributed by atoms with van der Waals surface area (Å²) >= 11 is 0. The van der Waals surface area contributed by atoms with Crippen molar-refractivity contribution in [1.82, 2.24) is 10.3 Å². The highest BCUT2D eigenvalue weighted by atomic mass is 16.5. The summed E-state index contributed by atoms with van der Waals surface area (Å²) in [7, 11) is 1.52. The van der Waals surface area contributed by atoms with Crippen LogP contribution in [0.25, 0.3) is 0 Å². The highest BCUT2D eigenvalue weighted by molar-refractivity contribution is 6.01. The number of benzene rings is 1. The highest BCUT2D eigenvalue weighted by Crippen LogP contribution is 2.16. The van der Waals surface area contributed by atoms with Crippen molar-refractivity contribution in [2.24, 2.45) is 0 Å². The summed E-state index contributed by atoms with van der Waals surface area (Å²) in [6.07, 6.45) is 2.94. The Labute approximate surface area is 133 Å². The summed E-state index contributed by atoms with van der Waals surface area (Å²) in [5.74, 6) is -0.403. The molecular formula is C16H17N3O4. The van der Waals surface area contributed by atoms with Crippen LogP contribution in [0.3, 0.4) is 0 Å². The predicted molar refractivity (Wildman–Crippen MR) is 84.2 cm³/mol.